The first-order chi connectivity index (χ1) is 9.05. The number of imidazole rings is 1. The van der Waals surface area contributed by atoms with E-state index in [1.807, 2.05) is 19.2 Å². The molecule has 0 amide bonds. The summed E-state index contributed by atoms with van der Waals surface area (Å²) in [6.07, 6.45) is 2.85. The van der Waals surface area contributed by atoms with Gasteiger partial charge in [0.1, 0.15) is 10.8 Å². The van der Waals surface area contributed by atoms with E-state index in [9.17, 15) is 8.42 Å². The number of aromatic amines is 1. The van der Waals surface area contributed by atoms with Gasteiger partial charge in [0.05, 0.1) is 18.4 Å². The van der Waals surface area contributed by atoms with Gasteiger partial charge in [-0.25, -0.2) is 23.1 Å². The molecule has 6 nitrogen and oxygen atoms in total. The fourth-order valence-electron chi connectivity index (χ4n) is 1.49. The van der Waals surface area contributed by atoms with Crippen molar-refractivity contribution in [3.8, 4) is 0 Å². The number of hydrogen-bond donors (Lipinski definition) is 2. The highest BCUT2D eigenvalue weighted by atomic mass is 32.2. The van der Waals surface area contributed by atoms with Crippen molar-refractivity contribution >= 4 is 21.4 Å². The molecule has 0 aliphatic heterocycles. The summed E-state index contributed by atoms with van der Waals surface area (Å²) in [7, 11) is -3.55. The summed E-state index contributed by atoms with van der Waals surface area (Å²) < 4.78 is 26.5. The largest absolute Gasteiger partial charge is 0.332 e. The summed E-state index contributed by atoms with van der Waals surface area (Å²) in [5.41, 5.74) is 0.981. The number of aromatic nitrogens is 3. The van der Waals surface area contributed by atoms with Gasteiger partial charge in [-0.2, -0.15) is 0 Å². The Balaban J connectivity index is 2.05. The quantitative estimate of drug-likeness (QED) is 0.845. The van der Waals surface area contributed by atoms with Gasteiger partial charge >= 0.3 is 0 Å². The third-order valence-electron chi connectivity index (χ3n) is 2.60. The number of thiazole rings is 1. The lowest BCUT2D eigenvalue weighted by Crippen LogP contribution is -2.23. The molecule has 2 rings (SSSR count). The Morgan fingerprint density at radius 1 is 1.37 bits per heavy atom. The van der Waals surface area contributed by atoms with E-state index in [4.69, 9.17) is 0 Å². The third-order valence-corrected chi connectivity index (χ3v) is 4.81. The fraction of sp³-hybridized carbons (Fsp3) is 0.455. The van der Waals surface area contributed by atoms with Crippen molar-refractivity contribution in [1.29, 1.82) is 0 Å². The maximum absolute atomic E-state index is 12.0. The number of rotatable bonds is 6. The van der Waals surface area contributed by atoms with Gasteiger partial charge in [-0.3, -0.25) is 0 Å². The molecule has 104 valence electrons. The molecule has 0 bridgehead atoms. The van der Waals surface area contributed by atoms with Crippen LogP contribution in [0.25, 0.3) is 0 Å². The predicted octanol–water partition coefficient (Wildman–Crippen LogP) is 1.47. The number of nitrogens with one attached hydrogen (secondary N) is 2. The highest BCUT2D eigenvalue weighted by Gasteiger charge is 2.17. The SMILES string of the molecule is CCc1csc(CNS(=O)(=O)c2cnc(CC)[nH]2)n1. The molecular weight excluding hydrogens is 284 g/mol. The van der Waals surface area contributed by atoms with Crippen LogP contribution in [0.4, 0.5) is 0 Å². The van der Waals surface area contributed by atoms with Gasteiger partial charge in [0, 0.05) is 11.8 Å². The first-order valence-corrected chi connectivity index (χ1v) is 8.38. The predicted molar refractivity (Wildman–Crippen MR) is 73.5 cm³/mol. The van der Waals surface area contributed by atoms with Gasteiger partial charge in [-0.05, 0) is 6.42 Å². The van der Waals surface area contributed by atoms with Crippen LogP contribution in [0.1, 0.15) is 30.4 Å². The molecule has 8 heteroatoms. The van der Waals surface area contributed by atoms with Gasteiger partial charge in [-0.1, -0.05) is 13.8 Å². The zero-order valence-corrected chi connectivity index (χ0v) is 12.4. The van der Waals surface area contributed by atoms with Gasteiger partial charge in [0.15, 0.2) is 5.03 Å². The number of nitrogens with zero attached hydrogens (tertiary/aromatic N) is 2. The van der Waals surface area contributed by atoms with Crippen LogP contribution < -0.4 is 4.72 Å². The molecule has 0 fully saturated rings. The van der Waals surface area contributed by atoms with E-state index in [2.05, 4.69) is 19.7 Å². The molecule has 2 aromatic heterocycles. The van der Waals surface area contributed by atoms with E-state index in [1.54, 1.807) is 0 Å². The minimum absolute atomic E-state index is 0.0941. The number of H-pyrrole nitrogens is 1. The maximum atomic E-state index is 12.0. The Morgan fingerprint density at radius 3 is 2.74 bits per heavy atom. The van der Waals surface area contributed by atoms with Gasteiger partial charge < -0.3 is 4.98 Å². The Kier molecular flexibility index (Phi) is 4.33. The lowest BCUT2D eigenvalue weighted by atomic mass is 10.4. The van der Waals surface area contributed by atoms with Gasteiger partial charge in [0.2, 0.25) is 0 Å². The van der Waals surface area contributed by atoms with Crippen molar-refractivity contribution < 1.29 is 8.42 Å². The molecule has 0 saturated heterocycles. The highest BCUT2D eigenvalue weighted by molar-refractivity contribution is 7.89. The number of aryl methyl sites for hydroxylation is 2. The second kappa shape index (κ2) is 5.81. The average molecular weight is 300 g/mol. The summed E-state index contributed by atoms with van der Waals surface area (Å²) in [4.78, 5) is 11.1. The summed E-state index contributed by atoms with van der Waals surface area (Å²) in [6.45, 7) is 4.12. The monoisotopic (exact) mass is 300 g/mol. The second-order valence-corrected chi connectivity index (χ2v) is 6.64. The van der Waals surface area contributed by atoms with E-state index in [-0.39, 0.29) is 11.6 Å². The fourth-order valence-corrected chi connectivity index (χ4v) is 3.32. The summed E-state index contributed by atoms with van der Waals surface area (Å²) >= 11 is 1.46. The van der Waals surface area contributed by atoms with Gasteiger partial charge in [0.25, 0.3) is 10.0 Å². The first kappa shape index (κ1) is 14.2. The Bertz CT molecular complexity index is 645. The van der Waals surface area contributed by atoms with Crippen molar-refractivity contribution in [3.63, 3.8) is 0 Å². The van der Waals surface area contributed by atoms with E-state index in [1.165, 1.54) is 17.5 Å². The lowest BCUT2D eigenvalue weighted by Gasteiger charge is -2.02. The molecule has 2 N–H and O–H groups in total. The summed E-state index contributed by atoms with van der Waals surface area (Å²) in [5.74, 6) is 0.655. The molecule has 2 aromatic rings. The smallest absolute Gasteiger partial charge is 0.258 e. The third kappa shape index (κ3) is 3.40. The zero-order valence-electron chi connectivity index (χ0n) is 10.8. The van der Waals surface area contributed by atoms with Crippen LogP contribution >= 0.6 is 11.3 Å². The van der Waals surface area contributed by atoms with Crippen LogP contribution in [0, 0.1) is 0 Å². The number of hydrogen-bond acceptors (Lipinski definition) is 5. The maximum Gasteiger partial charge on any atom is 0.258 e. The molecule has 0 aliphatic carbocycles. The van der Waals surface area contributed by atoms with Crippen molar-refractivity contribution in [3.05, 3.63) is 28.1 Å². The van der Waals surface area contributed by atoms with Crippen LogP contribution in [0.15, 0.2) is 16.6 Å². The molecular formula is C11H16N4O2S2. The highest BCUT2D eigenvalue weighted by Crippen LogP contribution is 2.12. The Labute approximate surface area is 116 Å². The summed E-state index contributed by atoms with van der Waals surface area (Å²) in [5, 5.41) is 2.79. The molecule has 0 radical (unpaired) electrons. The van der Waals surface area contributed by atoms with Crippen LogP contribution in [-0.4, -0.2) is 23.4 Å². The second-order valence-electron chi connectivity index (χ2n) is 3.96. The van der Waals surface area contributed by atoms with Crippen molar-refractivity contribution in [2.24, 2.45) is 0 Å². The topological polar surface area (TPSA) is 87.7 Å². The number of sulfonamides is 1. The minimum Gasteiger partial charge on any atom is -0.332 e. The van der Waals surface area contributed by atoms with Crippen LogP contribution in [0.5, 0.6) is 0 Å². The van der Waals surface area contributed by atoms with E-state index in [0.717, 1.165) is 17.1 Å². The van der Waals surface area contributed by atoms with Crippen LogP contribution in [0.2, 0.25) is 0 Å². The molecule has 2 heterocycles. The molecule has 0 saturated carbocycles. The van der Waals surface area contributed by atoms with Crippen LogP contribution in [-0.2, 0) is 29.4 Å². The normalized spacial score (nSPS) is 11.9. The summed E-state index contributed by atoms with van der Waals surface area (Å²) in [6, 6.07) is 0. The van der Waals surface area contributed by atoms with E-state index >= 15 is 0 Å². The average Bonchev–Trinajstić information content (AvgIpc) is 3.05. The molecule has 0 spiro atoms. The molecule has 0 aliphatic rings. The van der Waals surface area contributed by atoms with Crippen molar-refractivity contribution in [1.82, 2.24) is 19.7 Å². The van der Waals surface area contributed by atoms with E-state index < -0.39 is 10.0 Å². The molecule has 0 unspecified atom stereocenters. The minimum atomic E-state index is -3.55. The Morgan fingerprint density at radius 2 is 2.16 bits per heavy atom. The standard InChI is InChI=1S/C11H16N4O2S2/c1-3-8-7-18-10(14-8)5-13-19(16,17)11-6-12-9(4-2)15-11/h6-7,13H,3-5H2,1-2H3,(H,12,15). The van der Waals surface area contributed by atoms with Gasteiger partial charge in [-0.15, -0.1) is 11.3 Å². The zero-order chi connectivity index (χ0) is 13.9. The van der Waals surface area contributed by atoms with Crippen LogP contribution in [0.3, 0.4) is 0 Å². The Hall–Kier alpha value is -1.25. The molecule has 0 aromatic carbocycles. The molecule has 0 atom stereocenters. The lowest BCUT2D eigenvalue weighted by molar-refractivity contribution is 0.577. The first-order valence-electron chi connectivity index (χ1n) is 6.02. The van der Waals surface area contributed by atoms with Crippen molar-refractivity contribution in [2.75, 3.05) is 0 Å². The van der Waals surface area contributed by atoms with Crippen molar-refractivity contribution in [2.45, 2.75) is 38.3 Å². The van der Waals surface area contributed by atoms with E-state index in [0.29, 0.717) is 12.2 Å². The molecule has 19 heavy (non-hydrogen) atoms.